The number of anilines is 1. The molecule has 126 valence electrons. The number of ether oxygens (including phenoxy) is 1. The highest BCUT2D eigenvalue weighted by atomic mass is 19.1. The number of carbonyl (C=O) groups is 1. The zero-order valence-electron chi connectivity index (χ0n) is 13.6. The van der Waals surface area contributed by atoms with Gasteiger partial charge in [-0.2, -0.15) is 0 Å². The summed E-state index contributed by atoms with van der Waals surface area (Å²) in [4.78, 5) is 12.2. The van der Waals surface area contributed by atoms with Crippen molar-refractivity contribution >= 4 is 11.6 Å². The average Bonchev–Trinajstić information content (AvgIpc) is 3.44. The first-order valence-corrected chi connectivity index (χ1v) is 8.08. The van der Waals surface area contributed by atoms with Crippen LogP contribution in [0.15, 0.2) is 48.5 Å². The first-order chi connectivity index (χ1) is 11.7. The SMILES string of the molecule is COc1ccc(C(NC(=O)CNc2ccc(F)cc2)C2CC2)cc1. The fraction of sp³-hybridized carbons (Fsp3) is 0.316. The van der Waals surface area contributed by atoms with Crippen LogP contribution in [0.4, 0.5) is 10.1 Å². The Bertz CT molecular complexity index is 682. The van der Waals surface area contributed by atoms with Gasteiger partial charge in [0.05, 0.1) is 19.7 Å². The number of nitrogens with one attached hydrogen (secondary N) is 2. The summed E-state index contributed by atoms with van der Waals surface area (Å²) < 4.78 is 18.1. The predicted octanol–water partition coefficient (Wildman–Crippen LogP) is 3.51. The lowest BCUT2D eigenvalue weighted by atomic mass is 10.0. The molecule has 2 aromatic carbocycles. The highest BCUT2D eigenvalue weighted by Gasteiger charge is 2.33. The van der Waals surface area contributed by atoms with E-state index in [1.165, 1.54) is 12.1 Å². The standard InChI is InChI=1S/C19H21FN2O2/c1-24-17-10-4-14(5-11-17)19(13-2-3-13)22-18(23)12-21-16-8-6-15(20)7-9-16/h4-11,13,19,21H,2-3,12H2,1H3,(H,22,23). The molecule has 0 heterocycles. The van der Waals surface area contributed by atoms with Crippen molar-refractivity contribution in [2.24, 2.45) is 5.92 Å². The molecule has 0 spiro atoms. The van der Waals surface area contributed by atoms with Gasteiger partial charge < -0.3 is 15.4 Å². The van der Waals surface area contributed by atoms with Crippen LogP contribution >= 0.6 is 0 Å². The van der Waals surface area contributed by atoms with Gasteiger partial charge in [-0.3, -0.25) is 4.79 Å². The third kappa shape index (κ3) is 4.25. The molecule has 0 aromatic heterocycles. The smallest absolute Gasteiger partial charge is 0.239 e. The number of methoxy groups -OCH3 is 1. The number of hydrogen-bond donors (Lipinski definition) is 2. The van der Waals surface area contributed by atoms with Gasteiger partial charge in [-0.25, -0.2) is 4.39 Å². The molecule has 0 bridgehead atoms. The molecule has 1 amide bonds. The quantitative estimate of drug-likeness (QED) is 0.818. The van der Waals surface area contributed by atoms with Crippen LogP contribution in [0.5, 0.6) is 5.75 Å². The molecule has 2 N–H and O–H groups in total. The Morgan fingerprint density at radius 3 is 2.42 bits per heavy atom. The lowest BCUT2D eigenvalue weighted by Gasteiger charge is -2.19. The Hall–Kier alpha value is -2.56. The van der Waals surface area contributed by atoms with E-state index in [0.717, 1.165) is 29.8 Å². The second-order valence-corrected chi connectivity index (χ2v) is 6.02. The van der Waals surface area contributed by atoms with Crippen LogP contribution in [0.3, 0.4) is 0 Å². The van der Waals surface area contributed by atoms with E-state index in [1.807, 2.05) is 24.3 Å². The minimum atomic E-state index is -0.293. The zero-order chi connectivity index (χ0) is 16.9. The van der Waals surface area contributed by atoms with E-state index in [2.05, 4.69) is 10.6 Å². The van der Waals surface area contributed by atoms with Gasteiger partial charge in [0.15, 0.2) is 0 Å². The van der Waals surface area contributed by atoms with Crippen molar-refractivity contribution < 1.29 is 13.9 Å². The van der Waals surface area contributed by atoms with Gasteiger partial charge in [-0.15, -0.1) is 0 Å². The van der Waals surface area contributed by atoms with Gasteiger partial charge in [-0.05, 0) is 60.7 Å². The maximum Gasteiger partial charge on any atom is 0.239 e. The number of halogens is 1. The van der Waals surface area contributed by atoms with Crippen molar-refractivity contribution in [2.75, 3.05) is 19.0 Å². The number of hydrogen-bond acceptors (Lipinski definition) is 3. The second kappa shape index (κ2) is 7.34. The molecule has 1 aliphatic rings. The van der Waals surface area contributed by atoms with E-state index in [-0.39, 0.29) is 24.3 Å². The predicted molar refractivity (Wildman–Crippen MR) is 91.5 cm³/mol. The molecule has 24 heavy (non-hydrogen) atoms. The summed E-state index contributed by atoms with van der Waals surface area (Å²) in [7, 11) is 1.64. The molecule has 4 nitrogen and oxygen atoms in total. The van der Waals surface area contributed by atoms with Crippen LogP contribution in [0, 0.1) is 11.7 Å². The Morgan fingerprint density at radius 1 is 1.17 bits per heavy atom. The van der Waals surface area contributed by atoms with E-state index < -0.39 is 0 Å². The largest absolute Gasteiger partial charge is 0.497 e. The van der Waals surface area contributed by atoms with Crippen LogP contribution < -0.4 is 15.4 Å². The summed E-state index contributed by atoms with van der Waals surface area (Å²) in [5.41, 5.74) is 1.81. The van der Waals surface area contributed by atoms with E-state index in [4.69, 9.17) is 4.74 Å². The lowest BCUT2D eigenvalue weighted by Crippen LogP contribution is -2.34. The molecular weight excluding hydrogens is 307 g/mol. The zero-order valence-corrected chi connectivity index (χ0v) is 13.6. The first kappa shape index (κ1) is 16.3. The summed E-state index contributed by atoms with van der Waals surface area (Å²) in [6, 6.07) is 13.8. The molecule has 0 radical (unpaired) electrons. The van der Waals surface area contributed by atoms with Crippen LogP contribution in [0.1, 0.15) is 24.4 Å². The minimum absolute atomic E-state index is 0.0263. The van der Waals surface area contributed by atoms with Crippen molar-refractivity contribution in [1.29, 1.82) is 0 Å². The van der Waals surface area contributed by atoms with E-state index in [1.54, 1.807) is 19.2 Å². The van der Waals surface area contributed by atoms with Gasteiger partial charge in [0, 0.05) is 5.69 Å². The summed E-state index contributed by atoms with van der Waals surface area (Å²) in [5.74, 6) is 0.927. The third-order valence-corrected chi connectivity index (χ3v) is 4.18. The van der Waals surface area contributed by atoms with Crippen molar-refractivity contribution in [1.82, 2.24) is 5.32 Å². The van der Waals surface area contributed by atoms with Crippen LogP contribution in [0.25, 0.3) is 0 Å². The maximum absolute atomic E-state index is 12.9. The van der Waals surface area contributed by atoms with Gasteiger partial charge in [0.1, 0.15) is 11.6 Å². The topological polar surface area (TPSA) is 50.4 Å². The Balaban J connectivity index is 1.58. The Kier molecular flexibility index (Phi) is 4.99. The molecule has 1 unspecified atom stereocenters. The highest BCUT2D eigenvalue weighted by molar-refractivity contribution is 5.81. The summed E-state index contributed by atoms with van der Waals surface area (Å²) in [6.45, 7) is 0.158. The normalized spacial score (nSPS) is 14.8. The van der Waals surface area contributed by atoms with E-state index in [9.17, 15) is 9.18 Å². The molecule has 1 fully saturated rings. The summed E-state index contributed by atoms with van der Waals surface area (Å²) >= 11 is 0. The molecule has 3 rings (SSSR count). The number of benzene rings is 2. The van der Waals surface area contributed by atoms with Crippen molar-refractivity contribution in [3.63, 3.8) is 0 Å². The fourth-order valence-corrected chi connectivity index (χ4v) is 2.69. The van der Waals surface area contributed by atoms with Crippen molar-refractivity contribution in [3.8, 4) is 5.75 Å². The van der Waals surface area contributed by atoms with Crippen LogP contribution in [-0.4, -0.2) is 19.6 Å². The molecule has 1 atom stereocenters. The monoisotopic (exact) mass is 328 g/mol. The van der Waals surface area contributed by atoms with E-state index >= 15 is 0 Å². The molecule has 0 aliphatic heterocycles. The molecule has 0 saturated heterocycles. The van der Waals surface area contributed by atoms with Gasteiger partial charge in [-0.1, -0.05) is 12.1 Å². The number of carbonyl (C=O) groups excluding carboxylic acids is 1. The van der Waals surface area contributed by atoms with Crippen molar-refractivity contribution in [3.05, 3.63) is 59.9 Å². The van der Waals surface area contributed by atoms with Crippen LogP contribution in [-0.2, 0) is 4.79 Å². The van der Waals surface area contributed by atoms with Crippen molar-refractivity contribution in [2.45, 2.75) is 18.9 Å². The van der Waals surface area contributed by atoms with Crippen LogP contribution in [0.2, 0.25) is 0 Å². The third-order valence-electron chi connectivity index (χ3n) is 4.18. The fourth-order valence-electron chi connectivity index (χ4n) is 2.69. The number of rotatable bonds is 7. The Labute approximate surface area is 141 Å². The summed E-state index contributed by atoms with van der Waals surface area (Å²) in [6.07, 6.45) is 2.25. The van der Waals surface area contributed by atoms with Gasteiger partial charge in [0.25, 0.3) is 0 Å². The Morgan fingerprint density at radius 2 is 1.83 bits per heavy atom. The summed E-state index contributed by atoms with van der Waals surface area (Å²) in [5, 5.41) is 6.11. The highest BCUT2D eigenvalue weighted by Crippen LogP contribution is 2.41. The van der Waals surface area contributed by atoms with E-state index in [0.29, 0.717) is 5.92 Å². The maximum atomic E-state index is 12.9. The molecule has 2 aromatic rings. The van der Waals surface area contributed by atoms with Gasteiger partial charge in [0.2, 0.25) is 5.91 Å². The number of amides is 1. The second-order valence-electron chi connectivity index (χ2n) is 6.02. The molecule has 1 saturated carbocycles. The molecule has 1 aliphatic carbocycles. The lowest BCUT2D eigenvalue weighted by molar-refractivity contribution is -0.120. The average molecular weight is 328 g/mol. The molecular formula is C19H21FN2O2. The first-order valence-electron chi connectivity index (χ1n) is 8.08. The minimum Gasteiger partial charge on any atom is -0.497 e. The van der Waals surface area contributed by atoms with Gasteiger partial charge >= 0.3 is 0 Å². The molecule has 5 heteroatoms.